The molecule has 1 atom stereocenters. The van der Waals surface area contributed by atoms with Gasteiger partial charge >= 0.3 is 0 Å². The fourth-order valence-corrected chi connectivity index (χ4v) is 3.67. The average Bonchev–Trinajstić information content (AvgIpc) is 3.18. The molecule has 30 heavy (non-hydrogen) atoms. The van der Waals surface area contributed by atoms with Crippen LogP contribution in [0.25, 0.3) is 22.6 Å². The molecule has 0 aliphatic carbocycles. The van der Waals surface area contributed by atoms with Crippen LogP contribution >= 0.6 is 23.2 Å². The minimum Gasteiger partial charge on any atom is -0.506 e. The van der Waals surface area contributed by atoms with Gasteiger partial charge in [0.25, 0.3) is 0 Å². The van der Waals surface area contributed by atoms with E-state index >= 15 is 0 Å². The molecule has 152 valence electrons. The van der Waals surface area contributed by atoms with Crippen molar-refractivity contribution in [1.82, 2.24) is 4.98 Å². The molecule has 0 radical (unpaired) electrons. The second kappa shape index (κ2) is 8.50. The van der Waals surface area contributed by atoms with Gasteiger partial charge in [0.15, 0.2) is 5.58 Å². The van der Waals surface area contributed by atoms with Gasteiger partial charge in [-0.05, 0) is 60.4 Å². The first kappa shape index (κ1) is 20.5. The summed E-state index contributed by atoms with van der Waals surface area (Å²) in [6.45, 7) is 4.38. The highest BCUT2D eigenvalue weighted by molar-refractivity contribution is 6.36. The van der Waals surface area contributed by atoms with Crippen molar-refractivity contribution < 1.29 is 9.52 Å². The maximum Gasteiger partial charge on any atom is 0.227 e. The van der Waals surface area contributed by atoms with E-state index in [1.807, 2.05) is 30.3 Å². The van der Waals surface area contributed by atoms with Gasteiger partial charge in [-0.25, -0.2) is 4.98 Å². The third-order valence-corrected chi connectivity index (χ3v) is 5.60. The predicted molar refractivity (Wildman–Crippen MR) is 124 cm³/mol. The van der Waals surface area contributed by atoms with Gasteiger partial charge in [0.1, 0.15) is 11.3 Å². The number of halogens is 2. The summed E-state index contributed by atoms with van der Waals surface area (Å²) in [5, 5.41) is 10.7. The summed E-state index contributed by atoms with van der Waals surface area (Å²) in [5.74, 6) is 0.956. The fraction of sp³-hybridized carbons (Fsp3) is 0.167. The van der Waals surface area contributed by atoms with Crippen LogP contribution in [0.3, 0.4) is 0 Å². The number of benzene rings is 3. The first-order chi connectivity index (χ1) is 14.4. The molecule has 0 amide bonds. The number of aromatic nitrogens is 1. The largest absolute Gasteiger partial charge is 0.506 e. The number of phenols is 1. The monoisotopic (exact) mass is 438 g/mol. The lowest BCUT2D eigenvalue weighted by molar-refractivity contribution is 0.475. The van der Waals surface area contributed by atoms with Crippen LogP contribution in [0.5, 0.6) is 5.75 Å². The van der Waals surface area contributed by atoms with Crippen LogP contribution in [-0.4, -0.2) is 16.3 Å². The second-order valence-electron chi connectivity index (χ2n) is 7.19. The van der Waals surface area contributed by atoms with Crippen molar-refractivity contribution >= 4 is 46.2 Å². The number of oxazole rings is 1. The molecular weight excluding hydrogens is 419 g/mol. The third-order valence-electron chi connectivity index (χ3n) is 5.10. The summed E-state index contributed by atoms with van der Waals surface area (Å²) in [5.41, 5.74) is 4.80. The van der Waals surface area contributed by atoms with Crippen LogP contribution < -0.4 is 0 Å². The Kier molecular flexibility index (Phi) is 5.80. The number of aliphatic imine (C=N–C) groups is 1. The lowest BCUT2D eigenvalue weighted by atomic mass is 9.98. The molecule has 0 saturated heterocycles. The standard InChI is InChI=1S/C24H20Cl2N2O2/c1-3-14(2)15-7-8-22-21(11-15)28-24(30-22)16-5-4-6-19(10-16)27-13-17-9-18(25)12-20(26)23(17)29/h4-14,29H,3H2,1-2H3/t14-/m1/s1. The quantitative estimate of drug-likeness (QED) is 0.323. The molecule has 0 aliphatic heterocycles. The van der Waals surface area contributed by atoms with E-state index in [-0.39, 0.29) is 10.8 Å². The Morgan fingerprint density at radius 2 is 1.97 bits per heavy atom. The van der Waals surface area contributed by atoms with E-state index in [2.05, 4.69) is 36.0 Å². The lowest BCUT2D eigenvalue weighted by Gasteiger charge is -2.07. The zero-order valence-electron chi connectivity index (χ0n) is 16.6. The summed E-state index contributed by atoms with van der Waals surface area (Å²) in [6, 6.07) is 16.8. The van der Waals surface area contributed by atoms with E-state index in [9.17, 15) is 5.11 Å². The first-order valence-corrected chi connectivity index (χ1v) is 10.4. The Morgan fingerprint density at radius 3 is 2.77 bits per heavy atom. The summed E-state index contributed by atoms with van der Waals surface area (Å²) >= 11 is 12.0. The van der Waals surface area contributed by atoms with Crippen LogP contribution in [0.2, 0.25) is 10.0 Å². The highest BCUT2D eigenvalue weighted by atomic mass is 35.5. The van der Waals surface area contributed by atoms with Gasteiger partial charge in [0, 0.05) is 22.4 Å². The Bertz CT molecular complexity index is 1250. The van der Waals surface area contributed by atoms with Crippen molar-refractivity contribution in [1.29, 1.82) is 0 Å². The molecule has 0 saturated carbocycles. The Morgan fingerprint density at radius 1 is 1.13 bits per heavy atom. The second-order valence-corrected chi connectivity index (χ2v) is 8.03. The molecule has 0 unspecified atom stereocenters. The van der Waals surface area contributed by atoms with Gasteiger partial charge < -0.3 is 9.52 Å². The number of hydrogen-bond donors (Lipinski definition) is 1. The maximum absolute atomic E-state index is 10.1. The molecule has 4 nitrogen and oxygen atoms in total. The topological polar surface area (TPSA) is 58.6 Å². The Balaban J connectivity index is 1.65. The van der Waals surface area contributed by atoms with E-state index in [4.69, 9.17) is 27.6 Å². The highest BCUT2D eigenvalue weighted by Crippen LogP contribution is 2.32. The van der Waals surface area contributed by atoms with E-state index in [1.54, 1.807) is 6.07 Å². The third kappa shape index (κ3) is 4.20. The van der Waals surface area contributed by atoms with Gasteiger partial charge in [0.2, 0.25) is 5.89 Å². The number of nitrogens with zero attached hydrogens (tertiary/aromatic N) is 2. The van der Waals surface area contributed by atoms with Crippen molar-refractivity contribution in [2.45, 2.75) is 26.2 Å². The molecule has 0 spiro atoms. The van der Waals surface area contributed by atoms with Gasteiger partial charge in [-0.15, -0.1) is 0 Å². The molecule has 0 aliphatic rings. The molecule has 3 aromatic carbocycles. The average molecular weight is 439 g/mol. The molecule has 1 aromatic heterocycles. The van der Waals surface area contributed by atoms with Crippen molar-refractivity contribution in [3.63, 3.8) is 0 Å². The highest BCUT2D eigenvalue weighted by Gasteiger charge is 2.11. The summed E-state index contributed by atoms with van der Waals surface area (Å²) in [4.78, 5) is 9.10. The van der Waals surface area contributed by atoms with Crippen LogP contribution in [0.4, 0.5) is 5.69 Å². The van der Waals surface area contributed by atoms with Crippen molar-refractivity contribution in [2.75, 3.05) is 0 Å². The van der Waals surface area contributed by atoms with Crippen LogP contribution in [-0.2, 0) is 0 Å². The van der Waals surface area contributed by atoms with Crippen molar-refractivity contribution in [3.8, 4) is 17.2 Å². The van der Waals surface area contributed by atoms with E-state index in [0.717, 1.165) is 23.1 Å². The number of hydrogen-bond acceptors (Lipinski definition) is 4. The Labute approximate surface area is 184 Å². The zero-order chi connectivity index (χ0) is 21.3. The maximum atomic E-state index is 10.1. The molecule has 4 rings (SSSR count). The molecule has 6 heteroatoms. The molecule has 1 heterocycles. The van der Waals surface area contributed by atoms with Gasteiger partial charge in [-0.2, -0.15) is 0 Å². The van der Waals surface area contributed by atoms with Gasteiger partial charge in [-0.3, -0.25) is 4.99 Å². The number of rotatable bonds is 5. The summed E-state index contributed by atoms with van der Waals surface area (Å²) in [6.07, 6.45) is 2.60. The summed E-state index contributed by atoms with van der Waals surface area (Å²) in [7, 11) is 0. The molecular formula is C24H20Cl2N2O2. The normalized spacial score (nSPS) is 12.7. The molecule has 0 fully saturated rings. The van der Waals surface area contributed by atoms with Crippen molar-refractivity contribution in [3.05, 3.63) is 75.8 Å². The minimum absolute atomic E-state index is 0.0583. The zero-order valence-corrected chi connectivity index (χ0v) is 18.1. The van der Waals surface area contributed by atoms with Crippen LogP contribution in [0.15, 0.2) is 64.0 Å². The van der Waals surface area contributed by atoms with Crippen LogP contribution in [0.1, 0.15) is 37.3 Å². The smallest absolute Gasteiger partial charge is 0.227 e. The number of phenolic OH excluding ortho intramolecular Hbond substituents is 1. The van der Waals surface area contributed by atoms with Gasteiger partial charge in [0.05, 0.1) is 10.7 Å². The summed E-state index contributed by atoms with van der Waals surface area (Å²) < 4.78 is 5.95. The molecule has 1 N–H and O–H groups in total. The molecule has 4 aromatic rings. The number of fused-ring (bicyclic) bond motifs is 1. The van der Waals surface area contributed by atoms with Crippen LogP contribution in [0, 0.1) is 0 Å². The predicted octanol–water partition coefficient (Wildman–Crippen LogP) is 7.77. The minimum atomic E-state index is -0.0583. The van der Waals surface area contributed by atoms with Gasteiger partial charge in [-0.1, -0.05) is 49.2 Å². The Hall–Kier alpha value is -2.82. The van der Waals surface area contributed by atoms with E-state index in [0.29, 0.717) is 28.1 Å². The molecule has 0 bridgehead atoms. The van der Waals surface area contributed by atoms with E-state index < -0.39 is 0 Å². The fourth-order valence-electron chi connectivity index (χ4n) is 3.16. The lowest BCUT2D eigenvalue weighted by Crippen LogP contribution is -1.90. The van der Waals surface area contributed by atoms with E-state index in [1.165, 1.54) is 17.8 Å². The number of aromatic hydroxyl groups is 1. The SMILES string of the molecule is CC[C@@H](C)c1ccc2oc(-c3cccc(N=Cc4cc(Cl)cc(Cl)c4O)c3)nc2c1. The first-order valence-electron chi connectivity index (χ1n) is 9.67. The van der Waals surface area contributed by atoms with Crippen molar-refractivity contribution in [2.24, 2.45) is 4.99 Å².